The van der Waals surface area contributed by atoms with Gasteiger partial charge in [-0.05, 0) is 30.4 Å². The summed E-state index contributed by atoms with van der Waals surface area (Å²) in [6.45, 7) is 15.0. The SMILES string of the molecule is CC(=O)OCCCCCCCCCCCC(OC(C)=O)c1coc([Si](C)(C)C(C)(C)C)c1. The van der Waals surface area contributed by atoms with Gasteiger partial charge in [-0.3, -0.25) is 9.59 Å². The van der Waals surface area contributed by atoms with Crippen molar-refractivity contribution in [2.24, 2.45) is 0 Å². The maximum atomic E-state index is 11.7. The molecule has 1 aromatic rings. The van der Waals surface area contributed by atoms with E-state index in [4.69, 9.17) is 13.9 Å². The second-order valence-corrected chi connectivity index (χ2v) is 15.8. The second kappa shape index (κ2) is 13.9. The van der Waals surface area contributed by atoms with Crippen LogP contribution in [0.1, 0.15) is 110 Å². The standard InChI is InChI=1S/C26H46O5Si/c1-21(27)29-18-16-14-12-10-8-9-11-13-15-17-24(31-22(2)28)23-19-25(30-20-23)32(6,7)26(3,4)5/h19-20,24H,8-18H2,1-7H3. The fourth-order valence-corrected chi connectivity index (χ4v) is 5.22. The van der Waals surface area contributed by atoms with Gasteiger partial charge in [-0.1, -0.05) is 78.8 Å². The first-order valence-corrected chi connectivity index (χ1v) is 15.3. The molecular formula is C26H46O5Si. The molecule has 0 saturated carbocycles. The smallest absolute Gasteiger partial charge is 0.303 e. The first kappa shape index (κ1) is 28.5. The van der Waals surface area contributed by atoms with Crippen LogP contribution in [0.2, 0.25) is 18.1 Å². The van der Waals surface area contributed by atoms with Crippen molar-refractivity contribution in [1.82, 2.24) is 0 Å². The van der Waals surface area contributed by atoms with Crippen LogP contribution < -0.4 is 5.38 Å². The highest BCUT2D eigenvalue weighted by Gasteiger charge is 2.40. The number of ether oxygens (including phenoxy) is 2. The van der Waals surface area contributed by atoms with Crippen molar-refractivity contribution in [3.63, 3.8) is 0 Å². The topological polar surface area (TPSA) is 65.7 Å². The van der Waals surface area contributed by atoms with Crippen LogP contribution in [-0.4, -0.2) is 26.6 Å². The van der Waals surface area contributed by atoms with E-state index in [0.29, 0.717) is 6.61 Å². The van der Waals surface area contributed by atoms with Crippen molar-refractivity contribution in [3.05, 3.63) is 17.9 Å². The van der Waals surface area contributed by atoms with Gasteiger partial charge in [0.2, 0.25) is 0 Å². The van der Waals surface area contributed by atoms with Crippen LogP contribution in [0.3, 0.4) is 0 Å². The van der Waals surface area contributed by atoms with Crippen molar-refractivity contribution in [3.8, 4) is 0 Å². The van der Waals surface area contributed by atoms with E-state index in [1.807, 2.05) is 0 Å². The Labute approximate surface area is 196 Å². The van der Waals surface area contributed by atoms with Gasteiger partial charge in [0.25, 0.3) is 0 Å². The van der Waals surface area contributed by atoms with E-state index < -0.39 is 8.07 Å². The number of rotatable bonds is 15. The van der Waals surface area contributed by atoms with E-state index in [1.165, 1.54) is 46.0 Å². The molecule has 1 unspecified atom stereocenters. The number of carbonyl (C=O) groups is 2. The van der Waals surface area contributed by atoms with E-state index in [-0.39, 0.29) is 23.1 Å². The molecular weight excluding hydrogens is 420 g/mol. The Morgan fingerprint density at radius 2 is 1.44 bits per heavy atom. The third kappa shape index (κ3) is 10.4. The molecule has 0 amide bonds. The van der Waals surface area contributed by atoms with E-state index in [1.54, 1.807) is 6.26 Å². The van der Waals surface area contributed by atoms with E-state index in [0.717, 1.165) is 43.1 Å². The number of hydrogen-bond acceptors (Lipinski definition) is 5. The molecule has 0 radical (unpaired) electrons. The lowest BCUT2D eigenvalue weighted by molar-refractivity contribution is -0.147. The number of hydrogen-bond donors (Lipinski definition) is 0. The van der Waals surface area contributed by atoms with Crippen molar-refractivity contribution < 1.29 is 23.5 Å². The molecule has 0 aromatic carbocycles. The quantitative estimate of drug-likeness (QED) is 0.157. The predicted octanol–water partition coefficient (Wildman–Crippen LogP) is 7.06. The summed E-state index contributed by atoms with van der Waals surface area (Å²) < 4.78 is 16.6. The minimum atomic E-state index is -1.75. The Morgan fingerprint density at radius 3 is 1.94 bits per heavy atom. The fraction of sp³-hybridized carbons (Fsp3) is 0.769. The molecule has 184 valence electrons. The summed E-state index contributed by atoms with van der Waals surface area (Å²) in [5.74, 6) is -0.427. The third-order valence-corrected chi connectivity index (χ3v) is 12.0. The Balaban J connectivity index is 2.34. The first-order chi connectivity index (χ1) is 14.9. The molecule has 5 nitrogen and oxygen atoms in total. The molecule has 1 heterocycles. The van der Waals surface area contributed by atoms with Gasteiger partial charge in [0.05, 0.1) is 18.3 Å². The van der Waals surface area contributed by atoms with Crippen molar-refractivity contribution in [2.45, 2.75) is 123 Å². The number of carbonyl (C=O) groups excluding carboxylic acids is 2. The highest BCUT2D eigenvalue weighted by atomic mass is 28.3. The number of unbranched alkanes of at least 4 members (excludes halogenated alkanes) is 8. The lowest BCUT2D eigenvalue weighted by Gasteiger charge is -2.34. The van der Waals surface area contributed by atoms with Crippen molar-refractivity contribution in [1.29, 1.82) is 0 Å². The Hall–Kier alpha value is -1.56. The van der Waals surface area contributed by atoms with Gasteiger partial charge < -0.3 is 13.9 Å². The first-order valence-electron chi connectivity index (χ1n) is 12.3. The summed E-state index contributed by atoms with van der Waals surface area (Å²) in [4.78, 5) is 22.4. The maximum absolute atomic E-state index is 11.7. The molecule has 1 aromatic heterocycles. The van der Waals surface area contributed by atoms with Gasteiger partial charge in [-0.15, -0.1) is 0 Å². The summed E-state index contributed by atoms with van der Waals surface area (Å²) in [7, 11) is -1.75. The molecule has 0 aliphatic carbocycles. The van der Waals surface area contributed by atoms with E-state index >= 15 is 0 Å². The average molecular weight is 467 g/mol. The van der Waals surface area contributed by atoms with Crippen LogP contribution in [0.15, 0.2) is 16.7 Å². The van der Waals surface area contributed by atoms with E-state index in [9.17, 15) is 9.59 Å². The lowest BCUT2D eigenvalue weighted by atomic mass is 10.0. The largest absolute Gasteiger partial charge is 0.474 e. The van der Waals surface area contributed by atoms with Crippen LogP contribution in [0.4, 0.5) is 0 Å². The van der Waals surface area contributed by atoms with Crippen LogP contribution in [0.5, 0.6) is 0 Å². The molecule has 32 heavy (non-hydrogen) atoms. The van der Waals surface area contributed by atoms with E-state index in [2.05, 4.69) is 39.9 Å². The zero-order chi connectivity index (χ0) is 24.2. The Kier molecular flexibility index (Phi) is 12.3. The summed E-state index contributed by atoms with van der Waals surface area (Å²) in [5.41, 5.74) is 0.994. The van der Waals surface area contributed by atoms with Gasteiger partial charge in [0.15, 0.2) is 0 Å². The molecule has 0 fully saturated rings. The summed E-state index contributed by atoms with van der Waals surface area (Å²) in [6, 6.07) is 2.13. The Morgan fingerprint density at radius 1 is 0.906 bits per heavy atom. The minimum absolute atomic E-state index is 0.190. The zero-order valence-corrected chi connectivity index (χ0v) is 22.6. The monoisotopic (exact) mass is 466 g/mol. The van der Waals surface area contributed by atoms with Crippen LogP contribution in [0.25, 0.3) is 0 Å². The Bertz CT molecular complexity index is 687. The molecule has 0 saturated heterocycles. The summed E-state index contributed by atoms with van der Waals surface area (Å²) >= 11 is 0. The zero-order valence-electron chi connectivity index (χ0n) is 21.6. The van der Waals surface area contributed by atoms with Crippen LogP contribution >= 0.6 is 0 Å². The summed E-state index contributed by atoms with van der Waals surface area (Å²) in [5, 5.41) is 1.27. The molecule has 6 heteroatoms. The van der Waals surface area contributed by atoms with Gasteiger partial charge in [-0.25, -0.2) is 0 Å². The van der Waals surface area contributed by atoms with Crippen molar-refractivity contribution in [2.75, 3.05) is 6.61 Å². The molecule has 0 N–H and O–H groups in total. The number of furan rings is 1. The van der Waals surface area contributed by atoms with Crippen LogP contribution in [0, 0.1) is 0 Å². The predicted molar refractivity (Wildman–Crippen MR) is 133 cm³/mol. The molecule has 0 aliphatic rings. The highest BCUT2D eigenvalue weighted by molar-refractivity contribution is 6.91. The van der Waals surface area contributed by atoms with Crippen molar-refractivity contribution >= 4 is 25.4 Å². The third-order valence-electron chi connectivity index (χ3n) is 6.71. The molecule has 0 aliphatic heterocycles. The van der Waals surface area contributed by atoms with Gasteiger partial charge >= 0.3 is 11.9 Å². The number of esters is 2. The van der Waals surface area contributed by atoms with Gasteiger partial charge in [-0.2, -0.15) is 0 Å². The summed E-state index contributed by atoms with van der Waals surface area (Å²) in [6.07, 6.45) is 12.8. The second-order valence-electron chi connectivity index (χ2n) is 10.5. The molecule has 0 bridgehead atoms. The van der Waals surface area contributed by atoms with Gasteiger partial charge in [0, 0.05) is 19.4 Å². The normalized spacial score (nSPS) is 13.1. The fourth-order valence-electron chi connectivity index (χ4n) is 3.60. The van der Waals surface area contributed by atoms with Gasteiger partial charge in [0.1, 0.15) is 14.2 Å². The minimum Gasteiger partial charge on any atom is -0.474 e. The molecule has 1 atom stereocenters. The molecule has 1 rings (SSSR count). The molecule has 0 spiro atoms. The lowest BCUT2D eigenvalue weighted by Crippen LogP contribution is -2.48. The average Bonchev–Trinajstić information content (AvgIpc) is 3.17. The van der Waals surface area contributed by atoms with Crippen LogP contribution in [-0.2, 0) is 19.1 Å². The highest BCUT2D eigenvalue weighted by Crippen LogP contribution is 2.36. The maximum Gasteiger partial charge on any atom is 0.303 e.